The van der Waals surface area contributed by atoms with Gasteiger partial charge in [0.15, 0.2) is 0 Å². The van der Waals surface area contributed by atoms with Gasteiger partial charge in [0.25, 0.3) is 0 Å². The van der Waals surface area contributed by atoms with E-state index >= 15 is 0 Å². The second-order valence-electron chi connectivity index (χ2n) is 5.91. The van der Waals surface area contributed by atoms with Crippen LogP contribution in [0.5, 0.6) is 0 Å². The fourth-order valence-electron chi connectivity index (χ4n) is 3.43. The van der Waals surface area contributed by atoms with Crippen molar-refractivity contribution in [3.63, 3.8) is 0 Å². The summed E-state index contributed by atoms with van der Waals surface area (Å²) >= 11 is 0. The first-order chi connectivity index (χ1) is 7.68. The van der Waals surface area contributed by atoms with Gasteiger partial charge in [-0.25, -0.2) is 0 Å². The van der Waals surface area contributed by atoms with Crippen molar-refractivity contribution in [2.75, 3.05) is 0 Å². The molecule has 0 aromatic heterocycles. The first-order valence-corrected chi connectivity index (χ1v) is 7.09. The summed E-state index contributed by atoms with van der Waals surface area (Å²) in [4.78, 5) is 0. The molecule has 2 nitrogen and oxygen atoms in total. The van der Waals surface area contributed by atoms with Crippen LogP contribution in [0.2, 0.25) is 0 Å². The van der Waals surface area contributed by atoms with Gasteiger partial charge in [-0.2, -0.15) is 0 Å². The van der Waals surface area contributed by atoms with Crippen LogP contribution in [-0.2, 0) is 4.74 Å². The summed E-state index contributed by atoms with van der Waals surface area (Å²) in [5.41, 5.74) is 5.91. The van der Waals surface area contributed by atoms with Gasteiger partial charge in [-0.3, -0.25) is 0 Å². The van der Waals surface area contributed by atoms with Crippen LogP contribution in [0.25, 0.3) is 0 Å². The molecule has 1 aliphatic carbocycles. The minimum Gasteiger partial charge on any atom is -0.373 e. The topological polar surface area (TPSA) is 35.2 Å². The Morgan fingerprint density at radius 2 is 1.56 bits per heavy atom. The highest BCUT2D eigenvalue weighted by Crippen LogP contribution is 2.37. The maximum atomic E-state index is 6.11. The van der Waals surface area contributed by atoms with Gasteiger partial charge in [-0.05, 0) is 31.6 Å². The molecular formula is C14H27NO. The molecule has 2 aliphatic rings. The molecular weight excluding hydrogens is 198 g/mol. The smallest absolute Gasteiger partial charge is 0.0728 e. The molecule has 1 heterocycles. The Morgan fingerprint density at radius 1 is 0.938 bits per heavy atom. The molecule has 94 valence electrons. The molecule has 0 aromatic rings. The molecule has 0 amide bonds. The minimum atomic E-state index is 0.198. The summed E-state index contributed by atoms with van der Waals surface area (Å²) in [6, 6.07) is 0.198. The molecule has 1 saturated carbocycles. The molecule has 2 N–H and O–H groups in total. The van der Waals surface area contributed by atoms with Crippen molar-refractivity contribution < 1.29 is 4.74 Å². The fourth-order valence-corrected chi connectivity index (χ4v) is 3.43. The zero-order chi connectivity index (χ0) is 11.5. The van der Waals surface area contributed by atoms with Crippen LogP contribution >= 0.6 is 0 Å². The van der Waals surface area contributed by atoms with Crippen molar-refractivity contribution in [2.24, 2.45) is 17.6 Å². The third-order valence-corrected chi connectivity index (χ3v) is 4.65. The zero-order valence-electron chi connectivity index (χ0n) is 10.8. The highest BCUT2D eigenvalue weighted by molar-refractivity contribution is 4.85. The lowest BCUT2D eigenvalue weighted by molar-refractivity contribution is -0.0136. The van der Waals surface area contributed by atoms with Gasteiger partial charge in [0.2, 0.25) is 0 Å². The monoisotopic (exact) mass is 225 g/mol. The van der Waals surface area contributed by atoms with Crippen molar-refractivity contribution in [1.82, 2.24) is 0 Å². The highest BCUT2D eigenvalue weighted by atomic mass is 16.5. The molecule has 4 atom stereocenters. The summed E-state index contributed by atoms with van der Waals surface area (Å²) < 4.78 is 6.11. The summed E-state index contributed by atoms with van der Waals surface area (Å²) in [5, 5.41) is 0. The largest absolute Gasteiger partial charge is 0.373 e. The Bertz CT molecular complexity index is 211. The van der Waals surface area contributed by atoms with Crippen LogP contribution < -0.4 is 5.73 Å². The first-order valence-electron chi connectivity index (χ1n) is 7.09. The maximum Gasteiger partial charge on any atom is 0.0728 e. The van der Waals surface area contributed by atoms with E-state index in [1.807, 2.05) is 0 Å². The minimum absolute atomic E-state index is 0.198. The normalized spacial score (nSPS) is 36.2. The van der Waals surface area contributed by atoms with E-state index in [-0.39, 0.29) is 6.04 Å². The average Bonchev–Trinajstić information content (AvgIpc) is 2.78. The van der Waals surface area contributed by atoms with Crippen molar-refractivity contribution in [3.8, 4) is 0 Å². The number of rotatable bonds is 3. The van der Waals surface area contributed by atoms with Crippen LogP contribution in [0, 0.1) is 11.8 Å². The Morgan fingerprint density at radius 3 is 2.12 bits per heavy atom. The van der Waals surface area contributed by atoms with E-state index in [0.717, 1.165) is 11.8 Å². The van der Waals surface area contributed by atoms with Crippen molar-refractivity contribution in [2.45, 2.75) is 77.0 Å². The van der Waals surface area contributed by atoms with E-state index in [1.165, 1.54) is 44.9 Å². The first kappa shape index (κ1) is 12.4. The van der Waals surface area contributed by atoms with Gasteiger partial charge in [0.05, 0.1) is 12.2 Å². The summed E-state index contributed by atoms with van der Waals surface area (Å²) in [6.45, 7) is 4.46. The molecule has 1 aliphatic heterocycles. The van der Waals surface area contributed by atoms with Gasteiger partial charge in [0.1, 0.15) is 0 Å². The van der Waals surface area contributed by atoms with Gasteiger partial charge >= 0.3 is 0 Å². The molecule has 0 spiro atoms. The molecule has 0 radical (unpaired) electrons. The standard InChI is InChI=1S/C14H27NO/c1-10(12-6-4-3-5-7-12)13-8-9-14(16-13)11(2)15/h10-14H,3-9,15H2,1-2H3. The third-order valence-electron chi connectivity index (χ3n) is 4.65. The van der Waals surface area contributed by atoms with Gasteiger partial charge < -0.3 is 10.5 Å². The average molecular weight is 225 g/mol. The lowest BCUT2D eigenvalue weighted by Crippen LogP contribution is -2.34. The Balaban J connectivity index is 1.83. The third kappa shape index (κ3) is 2.78. The molecule has 16 heavy (non-hydrogen) atoms. The molecule has 2 heteroatoms. The van der Waals surface area contributed by atoms with Crippen molar-refractivity contribution in [1.29, 1.82) is 0 Å². The molecule has 2 fully saturated rings. The second-order valence-corrected chi connectivity index (χ2v) is 5.91. The summed E-state index contributed by atoms with van der Waals surface area (Å²) in [6.07, 6.45) is 10.3. The molecule has 4 unspecified atom stereocenters. The number of ether oxygens (including phenoxy) is 1. The number of nitrogens with two attached hydrogens (primary N) is 1. The molecule has 0 bridgehead atoms. The number of hydrogen-bond donors (Lipinski definition) is 1. The van der Waals surface area contributed by atoms with E-state index in [0.29, 0.717) is 12.2 Å². The predicted octanol–water partition coefficient (Wildman–Crippen LogP) is 3.10. The van der Waals surface area contributed by atoms with Gasteiger partial charge in [-0.1, -0.05) is 39.0 Å². The van der Waals surface area contributed by atoms with E-state index in [9.17, 15) is 0 Å². The zero-order valence-corrected chi connectivity index (χ0v) is 10.8. The van der Waals surface area contributed by atoms with Gasteiger partial charge in [0, 0.05) is 6.04 Å². The van der Waals surface area contributed by atoms with Crippen LogP contribution in [0.1, 0.15) is 58.8 Å². The van der Waals surface area contributed by atoms with E-state index < -0.39 is 0 Å². The van der Waals surface area contributed by atoms with E-state index in [4.69, 9.17) is 10.5 Å². The Kier molecular flexibility index (Phi) is 4.26. The van der Waals surface area contributed by atoms with E-state index in [2.05, 4.69) is 13.8 Å². The fraction of sp³-hybridized carbons (Fsp3) is 1.00. The Labute approximate surface area is 99.9 Å². The van der Waals surface area contributed by atoms with Crippen LogP contribution in [0.3, 0.4) is 0 Å². The lowest BCUT2D eigenvalue weighted by atomic mass is 9.78. The van der Waals surface area contributed by atoms with Crippen LogP contribution in [0.4, 0.5) is 0 Å². The van der Waals surface area contributed by atoms with Crippen LogP contribution in [-0.4, -0.2) is 18.2 Å². The molecule has 2 rings (SSSR count). The Hall–Kier alpha value is -0.0800. The second kappa shape index (κ2) is 5.50. The summed E-state index contributed by atoms with van der Waals surface area (Å²) in [5.74, 6) is 1.65. The maximum absolute atomic E-state index is 6.11. The molecule has 1 saturated heterocycles. The lowest BCUT2D eigenvalue weighted by Gasteiger charge is -2.31. The van der Waals surface area contributed by atoms with Crippen molar-refractivity contribution in [3.05, 3.63) is 0 Å². The van der Waals surface area contributed by atoms with Crippen molar-refractivity contribution >= 4 is 0 Å². The summed E-state index contributed by atoms with van der Waals surface area (Å²) in [7, 11) is 0. The van der Waals surface area contributed by atoms with Gasteiger partial charge in [-0.15, -0.1) is 0 Å². The predicted molar refractivity (Wildman–Crippen MR) is 67.3 cm³/mol. The SMILES string of the molecule is CC(N)C1CCC(C(C)C2CCCCC2)O1. The molecule has 0 aromatic carbocycles. The number of hydrogen-bond acceptors (Lipinski definition) is 2. The van der Waals surface area contributed by atoms with Crippen LogP contribution in [0.15, 0.2) is 0 Å². The van der Waals surface area contributed by atoms with E-state index in [1.54, 1.807) is 0 Å². The highest BCUT2D eigenvalue weighted by Gasteiger charge is 2.34. The quantitative estimate of drug-likeness (QED) is 0.801.